The maximum atomic E-state index is 13.3. The fourth-order valence-electron chi connectivity index (χ4n) is 2.12. The number of carbonyl (C=O) groups is 2. The lowest BCUT2D eigenvalue weighted by molar-refractivity contribution is 0.0943. The van der Waals surface area contributed by atoms with Gasteiger partial charge in [-0.15, -0.1) is 0 Å². The summed E-state index contributed by atoms with van der Waals surface area (Å²) in [6.45, 7) is 0. The van der Waals surface area contributed by atoms with E-state index in [9.17, 15) is 14.0 Å². The number of nitrogen functional groups attached to an aromatic ring is 1. The number of rotatable bonds is 2. The standard InChI is InChI=1S/C16H9ClFNO3/c17-13-14(20)9-3-1-2-4-10(9)15(21)16(13)22-12-7-8(18)5-6-11(12)19/h1-7H,19H2. The summed E-state index contributed by atoms with van der Waals surface area (Å²) in [5.74, 6) is -2.10. The molecular formula is C16H9ClFNO3. The van der Waals surface area contributed by atoms with Crippen molar-refractivity contribution in [1.82, 2.24) is 0 Å². The maximum Gasteiger partial charge on any atom is 0.230 e. The molecule has 2 aromatic rings. The van der Waals surface area contributed by atoms with Gasteiger partial charge in [-0.3, -0.25) is 9.59 Å². The van der Waals surface area contributed by atoms with Crippen molar-refractivity contribution >= 4 is 28.9 Å². The molecule has 0 atom stereocenters. The van der Waals surface area contributed by atoms with Crippen molar-refractivity contribution in [2.75, 3.05) is 5.73 Å². The Bertz CT molecular complexity index is 845. The van der Waals surface area contributed by atoms with Gasteiger partial charge in [-0.05, 0) is 12.1 Å². The van der Waals surface area contributed by atoms with Gasteiger partial charge < -0.3 is 10.5 Å². The van der Waals surface area contributed by atoms with Gasteiger partial charge in [0.2, 0.25) is 11.6 Å². The zero-order valence-electron chi connectivity index (χ0n) is 11.1. The summed E-state index contributed by atoms with van der Waals surface area (Å²) in [7, 11) is 0. The van der Waals surface area contributed by atoms with E-state index >= 15 is 0 Å². The predicted octanol–water partition coefficient (Wildman–Crippen LogP) is 3.32. The van der Waals surface area contributed by atoms with Crippen LogP contribution in [0.1, 0.15) is 20.7 Å². The first-order valence-electron chi connectivity index (χ1n) is 6.30. The lowest BCUT2D eigenvalue weighted by atomic mass is 9.93. The third-order valence-corrected chi connectivity index (χ3v) is 3.55. The lowest BCUT2D eigenvalue weighted by Crippen LogP contribution is -2.23. The van der Waals surface area contributed by atoms with E-state index < -0.39 is 17.4 Å². The van der Waals surface area contributed by atoms with E-state index in [1.54, 1.807) is 12.1 Å². The molecule has 0 aliphatic heterocycles. The summed E-state index contributed by atoms with van der Waals surface area (Å²) in [5.41, 5.74) is 6.18. The lowest BCUT2D eigenvalue weighted by Gasteiger charge is -2.18. The van der Waals surface area contributed by atoms with Crippen molar-refractivity contribution in [3.63, 3.8) is 0 Å². The highest BCUT2D eigenvalue weighted by molar-refractivity contribution is 6.49. The third-order valence-electron chi connectivity index (χ3n) is 3.21. The summed E-state index contributed by atoms with van der Waals surface area (Å²) in [4.78, 5) is 24.6. The molecule has 2 N–H and O–H groups in total. The highest BCUT2D eigenvalue weighted by Gasteiger charge is 2.33. The molecule has 4 nitrogen and oxygen atoms in total. The zero-order valence-corrected chi connectivity index (χ0v) is 11.9. The van der Waals surface area contributed by atoms with Crippen LogP contribution in [0.25, 0.3) is 0 Å². The first-order valence-corrected chi connectivity index (χ1v) is 6.68. The number of halogens is 2. The van der Waals surface area contributed by atoms with E-state index in [4.69, 9.17) is 22.1 Å². The number of benzene rings is 2. The van der Waals surface area contributed by atoms with Crippen LogP contribution in [-0.4, -0.2) is 11.6 Å². The summed E-state index contributed by atoms with van der Waals surface area (Å²) < 4.78 is 18.6. The normalized spacial score (nSPS) is 14.1. The number of Topliss-reactive ketones (excluding diaryl/α,β-unsaturated/α-hetero) is 2. The van der Waals surface area contributed by atoms with Crippen molar-refractivity contribution in [1.29, 1.82) is 0 Å². The Kier molecular flexibility index (Phi) is 3.42. The molecule has 6 heteroatoms. The second-order valence-corrected chi connectivity index (χ2v) is 5.01. The van der Waals surface area contributed by atoms with Gasteiger partial charge in [-0.25, -0.2) is 4.39 Å². The van der Waals surface area contributed by atoms with Crippen molar-refractivity contribution in [2.45, 2.75) is 0 Å². The van der Waals surface area contributed by atoms with Crippen LogP contribution in [0.2, 0.25) is 0 Å². The van der Waals surface area contributed by atoms with Gasteiger partial charge in [0.1, 0.15) is 10.8 Å². The number of hydrogen-bond donors (Lipinski definition) is 1. The molecule has 0 radical (unpaired) electrons. The first-order chi connectivity index (χ1) is 10.5. The Labute approximate surface area is 129 Å². The van der Waals surface area contributed by atoms with Crippen LogP contribution < -0.4 is 10.5 Å². The summed E-state index contributed by atoms with van der Waals surface area (Å²) in [5, 5.41) is -0.354. The highest BCUT2D eigenvalue weighted by atomic mass is 35.5. The van der Waals surface area contributed by atoms with E-state index in [1.165, 1.54) is 18.2 Å². The van der Waals surface area contributed by atoms with Crippen molar-refractivity contribution in [2.24, 2.45) is 0 Å². The molecule has 22 heavy (non-hydrogen) atoms. The van der Waals surface area contributed by atoms with E-state index in [0.717, 1.165) is 12.1 Å². The van der Waals surface area contributed by atoms with Crippen molar-refractivity contribution in [3.05, 3.63) is 70.2 Å². The van der Waals surface area contributed by atoms with Crippen molar-refractivity contribution < 1.29 is 18.7 Å². The number of fused-ring (bicyclic) bond motifs is 1. The molecule has 0 heterocycles. The molecule has 0 saturated heterocycles. The van der Waals surface area contributed by atoms with Crippen LogP contribution in [0, 0.1) is 5.82 Å². The van der Waals surface area contributed by atoms with Gasteiger partial charge in [0, 0.05) is 17.2 Å². The number of anilines is 1. The fraction of sp³-hybridized carbons (Fsp3) is 0. The van der Waals surface area contributed by atoms with Crippen LogP contribution in [-0.2, 0) is 0 Å². The topological polar surface area (TPSA) is 69.4 Å². The van der Waals surface area contributed by atoms with Gasteiger partial charge in [-0.2, -0.15) is 0 Å². The van der Waals surface area contributed by atoms with Crippen molar-refractivity contribution in [3.8, 4) is 5.75 Å². The monoisotopic (exact) mass is 317 g/mol. The minimum Gasteiger partial charge on any atom is -0.449 e. The van der Waals surface area contributed by atoms with Gasteiger partial charge in [0.05, 0.1) is 5.69 Å². The number of ketones is 2. The number of ether oxygens (including phenoxy) is 1. The molecule has 2 aromatic carbocycles. The molecule has 0 bridgehead atoms. The number of hydrogen-bond acceptors (Lipinski definition) is 4. The van der Waals surface area contributed by atoms with Gasteiger partial charge in [0.15, 0.2) is 11.5 Å². The summed E-state index contributed by atoms with van der Waals surface area (Å²) in [6, 6.07) is 9.72. The molecule has 3 rings (SSSR count). The van der Waals surface area contributed by atoms with Crippen LogP contribution in [0.4, 0.5) is 10.1 Å². The molecular weight excluding hydrogens is 309 g/mol. The molecule has 1 aliphatic carbocycles. The zero-order chi connectivity index (χ0) is 15.9. The molecule has 0 aromatic heterocycles. The smallest absolute Gasteiger partial charge is 0.230 e. The largest absolute Gasteiger partial charge is 0.449 e. The number of carbonyl (C=O) groups excluding carboxylic acids is 2. The minimum atomic E-state index is -0.587. The maximum absolute atomic E-state index is 13.3. The molecule has 0 saturated carbocycles. The average molecular weight is 318 g/mol. The van der Waals surface area contributed by atoms with Crippen LogP contribution >= 0.6 is 11.6 Å². The number of nitrogens with two attached hydrogens (primary N) is 1. The predicted molar refractivity (Wildman–Crippen MR) is 79.4 cm³/mol. The van der Waals surface area contributed by atoms with E-state index in [1.807, 2.05) is 0 Å². The summed E-state index contributed by atoms with van der Waals surface area (Å²) >= 11 is 5.95. The molecule has 0 unspecified atom stereocenters. The fourth-order valence-corrected chi connectivity index (χ4v) is 2.35. The molecule has 1 aliphatic rings. The molecule has 110 valence electrons. The van der Waals surface area contributed by atoms with E-state index in [2.05, 4.69) is 0 Å². The first kappa shape index (κ1) is 14.3. The SMILES string of the molecule is Nc1ccc(F)cc1OC1=C(Cl)C(=O)c2ccccc2C1=O. The summed E-state index contributed by atoms with van der Waals surface area (Å²) in [6.07, 6.45) is 0. The van der Waals surface area contributed by atoms with Gasteiger partial charge in [-0.1, -0.05) is 35.9 Å². The second kappa shape index (κ2) is 5.27. The van der Waals surface area contributed by atoms with Crippen LogP contribution in [0.5, 0.6) is 5.75 Å². The Morgan fingerprint density at radius 3 is 2.32 bits per heavy atom. The average Bonchev–Trinajstić information content (AvgIpc) is 2.52. The van der Waals surface area contributed by atoms with Gasteiger partial charge in [0.25, 0.3) is 0 Å². The van der Waals surface area contributed by atoms with E-state index in [0.29, 0.717) is 0 Å². The van der Waals surface area contributed by atoms with Gasteiger partial charge >= 0.3 is 0 Å². The molecule has 0 fully saturated rings. The number of allylic oxidation sites excluding steroid dienone is 2. The second-order valence-electron chi connectivity index (χ2n) is 4.63. The Morgan fingerprint density at radius 2 is 1.64 bits per heavy atom. The molecule has 0 spiro atoms. The Hall–Kier alpha value is -2.66. The van der Waals surface area contributed by atoms with Crippen LogP contribution in [0.3, 0.4) is 0 Å². The van der Waals surface area contributed by atoms with E-state index in [-0.39, 0.29) is 33.4 Å². The quantitative estimate of drug-likeness (QED) is 0.863. The Balaban J connectivity index is 2.07. The Morgan fingerprint density at radius 1 is 1.00 bits per heavy atom. The minimum absolute atomic E-state index is 0.0753. The highest BCUT2D eigenvalue weighted by Crippen LogP contribution is 2.32. The van der Waals surface area contributed by atoms with Crippen LogP contribution in [0.15, 0.2) is 53.3 Å². The third kappa shape index (κ3) is 2.25. The molecule has 0 amide bonds.